The van der Waals surface area contributed by atoms with Crippen LogP contribution in [0.15, 0.2) is 57.4 Å². The summed E-state index contributed by atoms with van der Waals surface area (Å²) in [4.78, 5) is 8.02. The maximum atomic E-state index is 13.5. The van der Waals surface area contributed by atoms with Crippen molar-refractivity contribution < 1.29 is 13.2 Å². The van der Waals surface area contributed by atoms with Crippen LogP contribution in [-0.2, 0) is 0 Å². The topological polar surface area (TPSA) is 64.7 Å². The summed E-state index contributed by atoms with van der Waals surface area (Å²) < 4.78 is 32.5. The van der Waals surface area contributed by atoms with Gasteiger partial charge < -0.3 is 4.42 Å². The molecule has 0 amide bonds. The summed E-state index contributed by atoms with van der Waals surface area (Å²) in [6.07, 6.45) is 1.26. The summed E-state index contributed by atoms with van der Waals surface area (Å²) in [5, 5.41) is 9.29. The normalized spacial score (nSPS) is 11.2. The summed E-state index contributed by atoms with van der Waals surface area (Å²) in [6, 6.07) is 9.11. The van der Waals surface area contributed by atoms with E-state index in [0.717, 1.165) is 23.9 Å². The third-order valence-electron chi connectivity index (χ3n) is 3.34. The highest BCUT2D eigenvalue weighted by atomic mass is 35.5. The third kappa shape index (κ3) is 3.06. The summed E-state index contributed by atoms with van der Waals surface area (Å²) in [5.41, 5.74) is 0.881. The highest BCUT2D eigenvalue weighted by molar-refractivity contribution is 7.99. The fraction of sp³-hybridized carbons (Fsp3) is 0. The molecule has 0 radical (unpaired) electrons. The average molecular weight is 377 g/mol. The van der Waals surface area contributed by atoms with E-state index in [9.17, 15) is 8.78 Å². The lowest BCUT2D eigenvalue weighted by Gasteiger charge is -2.03. The second-order valence-electron chi connectivity index (χ2n) is 4.92. The number of halogens is 3. The van der Waals surface area contributed by atoms with E-state index in [0.29, 0.717) is 21.0 Å². The molecule has 0 spiro atoms. The van der Waals surface area contributed by atoms with Crippen LogP contribution >= 0.6 is 23.4 Å². The lowest BCUT2D eigenvalue weighted by atomic mass is 10.2. The molecule has 0 fully saturated rings. The van der Waals surface area contributed by atoms with Gasteiger partial charge in [-0.1, -0.05) is 23.7 Å². The van der Waals surface area contributed by atoms with Crippen molar-refractivity contribution in [1.29, 1.82) is 0 Å². The highest BCUT2D eigenvalue weighted by Crippen LogP contribution is 2.34. The minimum absolute atomic E-state index is 0.194. The Labute approximate surface area is 149 Å². The zero-order valence-electron chi connectivity index (χ0n) is 12.3. The van der Waals surface area contributed by atoms with Crippen LogP contribution in [0, 0.1) is 11.6 Å². The van der Waals surface area contributed by atoms with Crippen molar-refractivity contribution in [1.82, 2.24) is 20.2 Å². The Kier molecular flexibility index (Phi) is 4.06. The first kappa shape index (κ1) is 15.9. The van der Waals surface area contributed by atoms with Gasteiger partial charge in [0.2, 0.25) is 5.89 Å². The second kappa shape index (κ2) is 6.38. The van der Waals surface area contributed by atoms with Gasteiger partial charge >= 0.3 is 0 Å². The van der Waals surface area contributed by atoms with Crippen molar-refractivity contribution in [3.63, 3.8) is 0 Å². The smallest absolute Gasteiger partial charge is 0.283 e. The minimum Gasteiger partial charge on any atom is -0.411 e. The molecule has 0 unspecified atom stereocenters. The fourth-order valence-electron chi connectivity index (χ4n) is 2.19. The van der Waals surface area contributed by atoms with E-state index in [4.69, 9.17) is 16.0 Å². The predicted molar refractivity (Wildman–Crippen MR) is 88.3 cm³/mol. The summed E-state index contributed by atoms with van der Waals surface area (Å²) in [6.45, 7) is 0. The van der Waals surface area contributed by atoms with E-state index in [1.165, 1.54) is 6.33 Å². The molecule has 5 nitrogen and oxygen atoms in total. The SMILES string of the molecule is Fc1cc2ncnc(Sc3nnc(-c4ccccc4Cl)o3)c2cc1F. The lowest BCUT2D eigenvalue weighted by molar-refractivity contribution is 0.465. The third-order valence-corrected chi connectivity index (χ3v) is 4.52. The van der Waals surface area contributed by atoms with E-state index in [2.05, 4.69) is 20.2 Å². The number of benzene rings is 2. The zero-order valence-corrected chi connectivity index (χ0v) is 13.9. The van der Waals surface area contributed by atoms with Gasteiger partial charge in [-0.15, -0.1) is 10.2 Å². The molecule has 0 saturated heterocycles. The molecule has 0 saturated carbocycles. The maximum Gasteiger partial charge on any atom is 0.283 e. The van der Waals surface area contributed by atoms with Crippen LogP contribution in [0.5, 0.6) is 0 Å². The molecule has 0 aliphatic carbocycles. The van der Waals surface area contributed by atoms with Crippen molar-refractivity contribution in [2.45, 2.75) is 10.2 Å². The first-order valence-corrected chi connectivity index (χ1v) is 8.17. The number of aromatic nitrogens is 4. The number of hydrogen-bond acceptors (Lipinski definition) is 6. The van der Waals surface area contributed by atoms with Crippen molar-refractivity contribution in [2.75, 3.05) is 0 Å². The van der Waals surface area contributed by atoms with Crippen molar-refractivity contribution in [3.05, 3.63) is 59.4 Å². The first-order chi connectivity index (χ1) is 12.1. The molecule has 0 aliphatic rings. The largest absolute Gasteiger partial charge is 0.411 e. The van der Waals surface area contributed by atoms with Gasteiger partial charge in [0.25, 0.3) is 5.22 Å². The van der Waals surface area contributed by atoms with E-state index in [1.807, 2.05) is 0 Å². The van der Waals surface area contributed by atoms with Crippen molar-refractivity contribution >= 4 is 34.3 Å². The monoisotopic (exact) mass is 376 g/mol. The van der Waals surface area contributed by atoms with Crippen molar-refractivity contribution in [3.8, 4) is 11.5 Å². The number of fused-ring (bicyclic) bond motifs is 1. The van der Waals surface area contributed by atoms with Gasteiger partial charge in [0, 0.05) is 11.5 Å². The Morgan fingerprint density at radius 2 is 1.80 bits per heavy atom. The maximum absolute atomic E-state index is 13.5. The van der Waals surface area contributed by atoms with Crippen LogP contribution in [0.25, 0.3) is 22.4 Å². The lowest BCUT2D eigenvalue weighted by Crippen LogP contribution is -1.91. The van der Waals surface area contributed by atoms with Gasteiger partial charge in [-0.3, -0.25) is 0 Å². The highest BCUT2D eigenvalue weighted by Gasteiger charge is 2.16. The van der Waals surface area contributed by atoms with Crippen LogP contribution in [0.3, 0.4) is 0 Å². The summed E-state index contributed by atoms with van der Waals surface area (Å²) in [7, 11) is 0. The molecular formula is C16H7ClF2N4OS. The predicted octanol–water partition coefficient (Wildman–Crippen LogP) is 4.76. The fourth-order valence-corrected chi connectivity index (χ4v) is 3.14. The second-order valence-corrected chi connectivity index (χ2v) is 6.26. The zero-order chi connectivity index (χ0) is 17.4. The molecule has 0 bridgehead atoms. The van der Waals surface area contributed by atoms with Crippen LogP contribution in [0.1, 0.15) is 0 Å². The molecule has 124 valence electrons. The number of nitrogens with zero attached hydrogens (tertiary/aromatic N) is 4. The van der Waals surface area contributed by atoms with Gasteiger partial charge in [-0.2, -0.15) is 0 Å². The van der Waals surface area contributed by atoms with Gasteiger partial charge in [-0.05, 0) is 30.0 Å². The number of rotatable bonds is 3. The van der Waals surface area contributed by atoms with Gasteiger partial charge in [-0.25, -0.2) is 18.7 Å². The summed E-state index contributed by atoms with van der Waals surface area (Å²) in [5.74, 6) is -1.70. The van der Waals surface area contributed by atoms with E-state index < -0.39 is 11.6 Å². The molecule has 2 aromatic carbocycles. The Bertz CT molecular complexity index is 1090. The molecular weight excluding hydrogens is 370 g/mol. The molecule has 4 rings (SSSR count). The number of hydrogen-bond donors (Lipinski definition) is 0. The molecule has 9 heteroatoms. The van der Waals surface area contributed by atoms with Gasteiger partial charge in [0.15, 0.2) is 11.6 Å². The first-order valence-electron chi connectivity index (χ1n) is 6.98. The van der Waals surface area contributed by atoms with Crippen LogP contribution in [0.2, 0.25) is 5.02 Å². The van der Waals surface area contributed by atoms with Gasteiger partial charge in [0.1, 0.15) is 11.4 Å². The van der Waals surface area contributed by atoms with E-state index in [-0.39, 0.29) is 16.6 Å². The van der Waals surface area contributed by atoms with Crippen LogP contribution < -0.4 is 0 Å². The van der Waals surface area contributed by atoms with E-state index >= 15 is 0 Å². The Hall–Kier alpha value is -2.58. The van der Waals surface area contributed by atoms with Crippen molar-refractivity contribution in [2.24, 2.45) is 0 Å². The molecule has 2 heterocycles. The quantitative estimate of drug-likeness (QED) is 0.480. The van der Waals surface area contributed by atoms with Crippen LogP contribution in [-0.4, -0.2) is 20.2 Å². The molecule has 25 heavy (non-hydrogen) atoms. The standard InChI is InChI=1S/C16H7ClF2N4OS/c17-10-4-2-1-3-8(10)14-22-23-16(24-14)25-15-9-5-11(18)12(19)6-13(9)20-7-21-15/h1-7H. The minimum atomic E-state index is -0.980. The van der Waals surface area contributed by atoms with E-state index in [1.54, 1.807) is 24.3 Å². The Morgan fingerprint density at radius 1 is 1.00 bits per heavy atom. The van der Waals surface area contributed by atoms with Crippen LogP contribution in [0.4, 0.5) is 8.78 Å². The molecule has 4 aromatic rings. The average Bonchev–Trinajstić information content (AvgIpc) is 3.05. The Balaban J connectivity index is 1.71. The molecule has 2 aromatic heterocycles. The molecule has 0 N–H and O–H groups in total. The summed E-state index contributed by atoms with van der Waals surface area (Å²) >= 11 is 7.14. The molecule has 0 aliphatic heterocycles. The Morgan fingerprint density at radius 3 is 2.64 bits per heavy atom. The molecule has 0 atom stereocenters. The van der Waals surface area contributed by atoms with Gasteiger partial charge in [0.05, 0.1) is 16.1 Å².